The zero-order valence-corrected chi connectivity index (χ0v) is 13.8. The summed E-state index contributed by atoms with van der Waals surface area (Å²) in [5.74, 6) is 0.793. The third kappa shape index (κ3) is 3.98. The molecule has 2 aromatic heterocycles. The molecule has 0 radical (unpaired) electrons. The molecule has 0 aliphatic rings. The third-order valence-electron chi connectivity index (χ3n) is 3.03. The second-order valence-corrected chi connectivity index (χ2v) is 5.83. The molecule has 0 saturated carbocycles. The van der Waals surface area contributed by atoms with Gasteiger partial charge in [-0.2, -0.15) is 0 Å². The minimum Gasteiger partial charge on any atom is -0.489 e. The molecule has 0 aromatic carbocycles. The Hall–Kier alpha value is -1.53. The van der Waals surface area contributed by atoms with E-state index >= 15 is 0 Å². The van der Waals surface area contributed by atoms with Crippen LogP contribution in [0.1, 0.15) is 49.9 Å². The summed E-state index contributed by atoms with van der Waals surface area (Å²) >= 11 is 1.44. The van der Waals surface area contributed by atoms with Crippen molar-refractivity contribution in [2.75, 3.05) is 6.54 Å². The molecule has 0 aliphatic carbocycles. The van der Waals surface area contributed by atoms with Gasteiger partial charge < -0.3 is 10.1 Å². The molecule has 2 heterocycles. The molecule has 1 unspecified atom stereocenters. The van der Waals surface area contributed by atoms with Crippen molar-refractivity contribution >= 4 is 11.5 Å². The standard InChI is InChI=1S/C15H22N4OS/c1-5-13-15(21-19-18-13)14(17-6-2)11-7-12(9-16-8-11)20-10(3)4/h7-10,14,17H,5-6H2,1-4H3. The molecule has 0 amide bonds. The lowest BCUT2D eigenvalue weighted by Crippen LogP contribution is -2.22. The zero-order chi connectivity index (χ0) is 15.2. The molecular formula is C15H22N4OS. The highest BCUT2D eigenvalue weighted by molar-refractivity contribution is 7.05. The number of ether oxygens (including phenoxy) is 1. The van der Waals surface area contributed by atoms with Gasteiger partial charge in [0.25, 0.3) is 0 Å². The maximum Gasteiger partial charge on any atom is 0.138 e. The fraction of sp³-hybridized carbons (Fsp3) is 0.533. The summed E-state index contributed by atoms with van der Waals surface area (Å²) < 4.78 is 9.83. The molecule has 0 aliphatic heterocycles. The summed E-state index contributed by atoms with van der Waals surface area (Å²) in [5.41, 5.74) is 2.12. The van der Waals surface area contributed by atoms with Gasteiger partial charge in [-0.15, -0.1) is 5.10 Å². The number of nitrogens with zero attached hydrogens (tertiary/aromatic N) is 3. The molecule has 1 atom stereocenters. The molecule has 6 heteroatoms. The molecule has 0 saturated heterocycles. The maximum absolute atomic E-state index is 5.74. The summed E-state index contributed by atoms with van der Waals surface area (Å²) in [5, 5.41) is 7.70. The van der Waals surface area contributed by atoms with Crippen molar-refractivity contribution in [1.82, 2.24) is 19.9 Å². The smallest absolute Gasteiger partial charge is 0.138 e. The fourth-order valence-electron chi connectivity index (χ4n) is 2.18. The van der Waals surface area contributed by atoms with Crippen molar-refractivity contribution in [3.63, 3.8) is 0 Å². The number of pyridine rings is 1. The van der Waals surface area contributed by atoms with Gasteiger partial charge in [-0.3, -0.25) is 4.98 Å². The Bertz CT molecular complexity index is 570. The lowest BCUT2D eigenvalue weighted by atomic mass is 10.1. The van der Waals surface area contributed by atoms with Crippen LogP contribution < -0.4 is 10.1 Å². The van der Waals surface area contributed by atoms with E-state index in [4.69, 9.17) is 4.74 Å². The average Bonchev–Trinajstić information content (AvgIpc) is 2.92. The van der Waals surface area contributed by atoms with E-state index in [1.54, 1.807) is 6.20 Å². The van der Waals surface area contributed by atoms with Gasteiger partial charge in [0.05, 0.1) is 28.9 Å². The first-order valence-corrected chi connectivity index (χ1v) is 8.09. The van der Waals surface area contributed by atoms with Gasteiger partial charge in [-0.25, -0.2) is 0 Å². The van der Waals surface area contributed by atoms with Crippen LogP contribution in [0, 0.1) is 0 Å². The molecule has 1 N–H and O–H groups in total. The number of hydrogen-bond donors (Lipinski definition) is 1. The summed E-state index contributed by atoms with van der Waals surface area (Å²) in [6, 6.07) is 2.10. The molecule has 114 valence electrons. The van der Waals surface area contributed by atoms with Gasteiger partial charge in [0.15, 0.2) is 0 Å². The summed E-state index contributed by atoms with van der Waals surface area (Å²) in [4.78, 5) is 5.46. The predicted molar refractivity (Wildman–Crippen MR) is 84.8 cm³/mol. The Morgan fingerprint density at radius 1 is 1.29 bits per heavy atom. The van der Waals surface area contributed by atoms with Crippen LogP contribution in [0.25, 0.3) is 0 Å². The van der Waals surface area contributed by atoms with E-state index in [9.17, 15) is 0 Å². The Balaban J connectivity index is 2.34. The lowest BCUT2D eigenvalue weighted by molar-refractivity contribution is 0.241. The summed E-state index contributed by atoms with van der Waals surface area (Å²) in [7, 11) is 0. The van der Waals surface area contributed by atoms with Crippen LogP contribution in [-0.2, 0) is 6.42 Å². The molecule has 0 spiro atoms. The van der Waals surface area contributed by atoms with Crippen molar-refractivity contribution in [1.29, 1.82) is 0 Å². The SMILES string of the molecule is CCNC(c1cncc(OC(C)C)c1)c1snnc1CC. The van der Waals surface area contributed by atoms with Crippen molar-refractivity contribution in [2.24, 2.45) is 0 Å². The molecule has 0 bridgehead atoms. The van der Waals surface area contributed by atoms with Crippen LogP contribution in [0.2, 0.25) is 0 Å². The van der Waals surface area contributed by atoms with Crippen molar-refractivity contribution in [3.05, 3.63) is 34.6 Å². The molecule has 5 nitrogen and oxygen atoms in total. The second-order valence-electron chi connectivity index (χ2n) is 5.05. The van der Waals surface area contributed by atoms with E-state index in [-0.39, 0.29) is 12.1 Å². The minimum atomic E-state index is 0.0631. The third-order valence-corrected chi connectivity index (χ3v) is 3.86. The van der Waals surface area contributed by atoms with Gasteiger partial charge >= 0.3 is 0 Å². The van der Waals surface area contributed by atoms with E-state index in [2.05, 4.69) is 33.7 Å². The summed E-state index contributed by atoms with van der Waals surface area (Å²) in [6.45, 7) is 9.07. The van der Waals surface area contributed by atoms with Crippen molar-refractivity contribution < 1.29 is 4.74 Å². The van der Waals surface area contributed by atoms with E-state index in [1.165, 1.54) is 11.5 Å². The predicted octanol–water partition coefficient (Wildman–Crippen LogP) is 2.98. The Morgan fingerprint density at radius 2 is 2.10 bits per heavy atom. The fourth-order valence-corrected chi connectivity index (χ4v) is 3.02. The van der Waals surface area contributed by atoms with E-state index in [1.807, 2.05) is 26.1 Å². The number of hydrogen-bond acceptors (Lipinski definition) is 6. The maximum atomic E-state index is 5.74. The number of rotatable bonds is 7. The molecule has 2 rings (SSSR count). The monoisotopic (exact) mass is 306 g/mol. The molecule has 2 aromatic rings. The number of aryl methyl sites for hydroxylation is 1. The largest absolute Gasteiger partial charge is 0.489 e. The quantitative estimate of drug-likeness (QED) is 0.852. The van der Waals surface area contributed by atoms with Crippen LogP contribution >= 0.6 is 11.5 Å². The van der Waals surface area contributed by atoms with Crippen LogP contribution in [0.4, 0.5) is 0 Å². The zero-order valence-electron chi connectivity index (χ0n) is 13.0. The van der Waals surface area contributed by atoms with Gasteiger partial charge in [-0.05, 0) is 50.0 Å². The van der Waals surface area contributed by atoms with Crippen molar-refractivity contribution in [3.8, 4) is 5.75 Å². The van der Waals surface area contributed by atoms with Gasteiger partial charge in [-0.1, -0.05) is 18.3 Å². The first-order valence-electron chi connectivity index (χ1n) is 7.31. The van der Waals surface area contributed by atoms with Gasteiger partial charge in [0.1, 0.15) is 5.75 Å². The van der Waals surface area contributed by atoms with E-state index in [0.29, 0.717) is 0 Å². The Morgan fingerprint density at radius 3 is 2.76 bits per heavy atom. The summed E-state index contributed by atoms with van der Waals surface area (Å²) in [6.07, 6.45) is 4.64. The van der Waals surface area contributed by atoms with E-state index < -0.39 is 0 Å². The minimum absolute atomic E-state index is 0.0631. The Labute approximate surface area is 129 Å². The second kappa shape index (κ2) is 7.47. The topological polar surface area (TPSA) is 59.9 Å². The molecule has 21 heavy (non-hydrogen) atoms. The van der Waals surface area contributed by atoms with Crippen LogP contribution in [-0.4, -0.2) is 27.2 Å². The van der Waals surface area contributed by atoms with Crippen LogP contribution in [0.5, 0.6) is 5.75 Å². The highest BCUT2D eigenvalue weighted by atomic mass is 32.1. The first kappa shape index (κ1) is 15.9. The first-order chi connectivity index (χ1) is 10.2. The normalized spacial score (nSPS) is 12.6. The van der Waals surface area contributed by atoms with E-state index in [0.717, 1.165) is 34.8 Å². The van der Waals surface area contributed by atoms with Crippen molar-refractivity contribution in [2.45, 2.75) is 46.3 Å². The lowest BCUT2D eigenvalue weighted by Gasteiger charge is -2.18. The van der Waals surface area contributed by atoms with Gasteiger partial charge in [0.2, 0.25) is 0 Å². The van der Waals surface area contributed by atoms with Crippen LogP contribution in [0.15, 0.2) is 18.5 Å². The number of aromatic nitrogens is 3. The average molecular weight is 306 g/mol. The van der Waals surface area contributed by atoms with Gasteiger partial charge in [0, 0.05) is 6.20 Å². The molecule has 0 fully saturated rings. The Kier molecular flexibility index (Phi) is 5.64. The highest BCUT2D eigenvalue weighted by Gasteiger charge is 2.20. The number of nitrogens with one attached hydrogen (secondary N) is 1. The van der Waals surface area contributed by atoms with Crippen LogP contribution in [0.3, 0.4) is 0 Å². The molecular weight excluding hydrogens is 284 g/mol. The highest BCUT2D eigenvalue weighted by Crippen LogP contribution is 2.29.